The Morgan fingerprint density at radius 3 is 2.50 bits per heavy atom. The second-order valence-electron chi connectivity index (χ2n) is 5.37. The molecule has 2 saturated heterocycles. The van der Waals surface area contributed by atoms with E-state index in [0.717, 1.165) is 45.4 Å². The molecule has 2 rings (SSSR count). The van der Waals surface area contributed by atoms with Crippen molar-refractivity contribution in [3.8, 4) is 0 Å². The van der Waals surface area contributed by atoms with Gasteiger partial charge in [0, 0.05) is 25.7 Å². The molecule has 0 radical (unpaired) electrons. The number of likely N-dealkylation sites (tertiary alicyclic amines) is 1. The lowest BCUT2D eigenvalue weighted by Gasteiger charge is -2.33. The van der Waals surface area contributed by atoms with E-state index in [-0.39, 0.29) is 36.8 Å². The van der Waals surface area contributed by atoms with E-state index in [1.165, 1.54) is 12.8 Å². The van der Waals surface area contributed by atoms with Crippen LogP contribution in [-0.2, 0) is 4.79 Å². The lowest BCUT2D eigenvalue weighted by molar-refractivity contribution is -0.124. The summed E-state index contributed by atoms with van der Waals surface area (Å²) in [5, 5.41) is 6.50. The average molecular weight is 324 g/mol. The molecule has 0 aromatic rings. The summed E-state index contributed by atoms with van der Waals surface area (Å²) in [6.07, 6.45) is 7.43. The van der Waals surface area contributed by atoms with Crippen LogP contribution in [0.2, 0.25) is 0 Å². The van der Waals surface area contributed by atoms with Crippen LogP contribution in [0.1, 0.15) is 32.1 Å². The largest absolute Gasteiger partial charge is 0.352 e. The fraction of sp³-hybridized carbons (Fsp3) is 0.786. The van der Waals surface area contributed by atoms with Crippen LogP contribution in [0.15, 0.2) is 12.7 Å². The van der Waals surface area contributed by atoms with Gasteiger partial charge in [0.25, 0.3) is 0 Å². The van der Waals surface area contributed by atoms with Gasteiger partial charge in [0.2, 0.25) is 5.91 Å². The molecule has 0 spiro atoms. The van der Waals surface area contributed by atoms with Gasteiger partial charge in [-0.15, -0.1) is 31.4 Å². The predicted octanol–water partition coefficient (Wildman–Crippen LogP) is 1.74. The Hall–Kier alpha value is -0.290. The van der Waals surface area contributed by atoms with Crippen LogP contribution in [0.3, 0.4) is 0 Å². The molecule has 20 heavy (non-hydrogen) atoms. The molecule has 0 aromatic heterocycles. The first kappa shape index (κ1) is 19.7. The SMILES string of the molecule is C=CCN1CCC(NC(=O)[C@H]2CCCCN2)CC1.Cl.Cl. The summed E-state index contributed by atoms with van der Waals surface area (Å²) < 4.78 is 0. The summed E-state index contributed by atoms with van der Waals surface area (Å²) in [6, 6.07) is 0.409. The van der Waals surface area contributed by atoms with Gasteiger partial charge in [0.05, 0.1) is 6.04 Å². The first-order valence-corrected chi connectivity index (χ1v) is 7.16. The average Bonchev–Trinajstić information content (AvgIpc) is 2.42. The van der Waals surface area contributed by atoms with Crippen LogP contribution < -0.4 is 10.6 Å². The van der Waals surface area contributed by atoms with Crippen molar-refractivity contribution in [1.29, 1.82) is 0 Å². The summed E-state index contributed by atoms with van der Waals surface area (Å²) in [4.78, 5) is 14.5. The minimum absolute atomic E-state index is 0. The van der Waals surface area contributed by atoms with Gasteiger partial charge >= 0.3 is 0 Å². The Bertz CT molecular complexity index is 288. The third kappa shape index (κ3) is 6.00. The van der Waals surface area contributed by atoms with Crippen LogP contribution >= 0.6 is 24.8 Å². The lowest BCUT2D eigenvalue weighted by atomic mass is 10.0. The number of amides is 1. The molecule has 0 bridgehead atoms. The number of nitrogens with one attached hydrogen (secondary N) is 2. The summed E-state index contributed by atoms with van der Waals surface area (Å²) in [5.41, 5.74) is 0. The van der Waals surface area contributed by atoms with Gasteiger partial charge in [-0.1, -0.05) is 12.5 Å². The van der Waals surface area contributed by atoms with E-state index in [9.17, 15) is 4.79 Å². The molecular formula is C14H27Cl2N3O. The van der Waals surface area contributed by atoms with E-state index in [1.54, 1.807) is 0 Å². The van der Waals surface area contributed by atoms with E-state index in [4.69, 9.17) is 0 Å². The summed E-state index contributed by atoms with van der Waals surface area (Å²) in [7, 11) is 0. The highest BCUT2D eigenvalue weighted by atomic mass is 35.5. The minimum Gasteiger partial charge on any atom is -0.352 e. The fourth-order valence-electron chi connectivity index (χ4n) is 2.82. The van der Waals surface area contributed by atoms with Gasteiger partial charge in [-0.3, -0.25) is 9.69 Å². The quantitative estimate of drug-likeness (QED) is 0.774. The van der Waals surface area contributed by atoms with Crippen molar-refractivity contribution < 1.29 is 4.79 Å². The lowest BCUT2D eigenvalue weighted by Crippen LogP contribution is -2.52. The van der Waals surface area contributed by atoms with Gasteiger partial charge in [-0.2, -0.15) is 0 Å². The zero-order valence-corrected chi connectivity index (χ0v) is 13.6. The number of hydrogen-bond donors (Lipinski definition) is 2. The monoisotopic (exact) mass is 323 g/mol. The highest BCUT2D eigenvalue weighted by Gasteiger charge is 2.25. The maximum atomic E-state index is 12.1. The Morgan fingerprint density at radius 1 is 1.25 bits per heavy atom. The standard InChI is InChI=1S/C14H25N3O.2ClH/c1-2-9-17-10-6-12(7-11-17)16-14(18)13-5-3-4-8-15-13;;/h2,12-13,15H,1,3-11H2,(H,16,18);2*1H/t13-;;/m1../s1. The van der Waals surface area contributed by atoms with Crippen molar-refractivity contribution in [3.63, 3.8) is 0 Å². The van der Waals surface area contributed by atoms with Crippen LogP contribution in [-0.4, -0.2) is 49.1 Å². The van der Waals surface area contributed by atoms with Gasteiger partial charge in [0.15, 0.2) is 0 Å². The topological polar surface area (TPSA) is 44.4 Å². The Labute approximate surface area is 134 Å². The molecule has 0 aromatic carbocycles. The number of piperidine rings is 2. The molecule has 6 heteroatoms. The third-order valence-electron chi connectivity index (χ3n) is 3.95. The highest BCUT2D eigenvalue weighted by molar-refractivity contribution is 5.85. The van der Waals surface area contributed by atoms with Gasteiger partial charge in [-0.05, 0) is 32.2 Å². The Kier molecular flexibility index (Phi) is 10.3. The van der Waals surface area contributed by atoms with Crippen molar-refractivity contribution in [1.82, 2.24) is 15.5 Å². The smallest absolute Gasteiger partial charge is 0.237 e. The zero-order valence-electron chi connectivity index (χ0n) is 12.0. The van der Waals surface area contributed by atoms with E-state index in [2.05, 4.69) is 22.1 Å². The van der Waals surface area contributed by atoms with Crippen LogP contribution in [0.4, 0.5) is 0 Å². The van der Waals surface area contributed by atoms with Gasteiger partial charge in [-0.25, -0.2) is 0 Å². The van der Waals surface area contributed by atoms with E-state index in [1.807, 2.05) is 6.08 Å². The molecule has 0 saturated carbocycles. The molecular weight excluding hydrogens is 297 g/mol. The summed E-state index contributed by atoms with van der Waals surface area (Å²) in [6.45, 7) is 7.84. The van der Waals surface area contributed by atoms with E-state index in [0.29, 0.717) is 6.04 Å². The van der Waals surface area contributed by atoms with Gasteiger partial charge in [0.1, 0.15) is 0 Å². The molecule has 2 aliphatic heterocycles. The number of carbonyl (C=O) groups excluding carboxylic acids is 1. The van der Waals surface area contributed by atoms with Crippen molar-refractivity contribution in [2.45, 2.75) is 44.2 Å². The molecule has 1 atom stereocenters. The molecule has 2 heterocycles. The van der Waals surface area contributed by atoms with Crippen molar-refractivity contribution in [2.24, 2.45) is 0 Å². The number of nitrogens with zero attached hydrogens (tertiary/aromatic N) is 1. The number of rotatable bonds is 4. The summed E-state index contributed by atoms with van der Waals surface area (Å²) >= 11 is 0. The first-order valence-electron chi connectivity index (χ1n) is 7.16. The maximum Gasteiger partial charge on any atom is 0.237 e. The second kappa shape index (κ2) is 10.4. The normalized spacial score (nSPS) is 24.1. The Balaban J connectivity index is 0.00000180. The Morgan fingerprint density at radius 2 is 1.95 bits per heavy atom. The fourth-order valence-corrected chi connectivity index (χ4v) is 2.82. The second-order valence-corrected chi connectivity index (χ2v) is 5.37. The molecule has 2 N–H and O–H groups in total. The number of hydrogen-bond acceptors (Lipinski definition) is 3. The van der Waals surface area contributed by atoms with Crippen molar-refractivity contribution in [2.75, 3.05) is 26.2 Å². The molecule has 1 amide bonds. The van der Waals surface area contributed by atoms with Crippen LogP contribution in [0.25, 0.3) is 0 Å². The molecule has 118 valence electrons. The van der Waals surface area contributed by atoms with Crippen molar-refractivity contribution >= 4 is 30.7 Å². The maximum absolute atomic E-state index is 12.1. The molecule has 2 fully saturated rings. The number of halogens is 2. The molecule has 2 aliphatic rings. The number of carbonyl (C=O) groups is 1. The summed E-state index contributed by atoms with van der Waals surface area (Å²) in [5.74, 6) is 0.205. The zero-order chi connectivity index (χ0) is 12.8. The van der Waals surface area contributed by atoms with Gasteiger partial charge < -0.3 is 10.6 Å². The molecule has 0 unspecified atom stereocenters. The molecule has 4 nitrogen and oxygen atoms in total. The molecule has 0 aliphatic carbocycles. The third-order valence-corrected chi connectivity index (χ3v) is 3.95. The highest BCUT2D eigenvalue weighted by Crippen LogP contribution is 2.12. The van der Waals surface area contributed by atoms with E-state index >= 15 is 0 Å². The predicted molar refractivity (Wildman–Crippen MR) is 87.9 cm³/mol. The van der Waals surface area contributed by atoms with E-state index < -0.39 is 0 Å². The first-order chi connectivity index (χ1) is 8.79. The minimum atomic E-state index is 0. The van der Waals surface area contributed by atoms with Crippen LogP contribution in [0.5, 0.6) is 0 Å². The van der Waals surface area contributed by atoms with Crippen LogP contribution in [0, 0.1) is 0 Å². The van der Waals surface area contributed by atoms with Crippen molar-refractivity contribution in [3.05, 3.63) is 12.7 Å².